The van der Waals surface area contributed by atoms with Crippen LogP contribution in [-0.4, -0.2) is 39.2 Å². The highest BCUT2D eigenvalue weighted by Gasteiger charge is 2.44. The highest BCUT2D eigenvalue weighted by molar-refractivity contribution is 5.90. The maximum atomic E-state index is 14.0. The number of nitrogens with zero attached hydrogens (tertiary/aromatic N) is 2. The van der Waals surface area contributed by atoms with E-state index in [9.17, 15) is 14.3 Å². The van der Waals surface area contributed by atoms with Crippen molar-refractivity contribution in [1.29, 1.82) is 0 Å². The van der Waals surface area contributed by atoms with E-state index in [1.54, 1.807) is 80.6 Å². The number of carbonyl (C=O) groups excluding carboxylic acids is 1. The molecule has 190 valence electrons. The first kappa shape index (κ1) is 24.6. The fraction of sp³-hybridized carbons (Fsp3) is 0.250. The van der Waals surface area contributed by atoms with Crippen molar-refractivity contribution in [2.75, 3.05) is 0 Å². The molecular formula is C28H25FN2O6. The molecule has 0 amide bonds. The first-order valence-electron chi connectivity index (χ1n) is 11.7. The Labute approximate surface area is 212 Å². The number of halogens is 1. The topological polar surface area (TPSA) is 107 Å². The van der Waals surface area contributed by atoms with Gasteiger partial charge in [0, 0.05) is 12.0 Å². The van der Waals surface area contributed by atoms with E-state index in [0.717, 1.165) is 5.56 Å². The van der Waals surface area contributed by atoms with Gasteiger partial charge in [-0.15, -0.1) is 0 Å². The largest absolute Gasteiger partial charge is 0.462 e. The Balaban J connectivity index is 1.17. The van der Waals surface area contributed by atoms with Crippen molar-refractivity contribution in [2.24, 2.45) is 0 Å². The smallest absolute Gasteiger partial charge is 0.338 e. The minimum Gasteiger partial charge on any atom is -0.462 e. The fourth-order valence-corrected chi connectivity index (χ4v) is 3.77. The minimum absolute atomic E-state index is 0.0505. The van der Waals surface area contributed by atoms with Gasteiger partial charge in [-0.2, -0.15) is 4.98 Å². The quantitative estimate of drug-likeness (QED) is 0.246. The molecule has 0 spiro atoms. The van der Waals surface area contributed by atoms with Crippen molar-refractivity contribution in [2.45, 2.75) is 44.9 Å². The highest BCUT2D eigenvalue weighted by atomic mass is 19.1. The number of hydrogen-bond donors (Lipinski definition) is 1. The van der Waals surface area contributed by atoms with Crippen LogP contribution in [0, 0.1) is 5.82 Å². The van der Waals surface area contributed by atoms with Crippen LogP contribution >= 0.6 is 0 Å². The molecule has 0 aliphatic carbocycles. The van der Waals surface area contributed by atoms with Crippen LogP contribution in [0.25, 0.3) is 22.8 Å². The summed E-state index contributed by atoms with van der Waals surface area (Å²) >= 11 is 0. The molecule has 8 nitrogen and oxygen atoms in total. The number of hydrogen-bond acceptors (Lipinski definition) is 8. The number of epoxide rings is 1. The van der Waals surface area contributed by atoms with Gasteiger partial charge >= 0.3 is 5.97 Å². The number of carbonyl (C=O) groups is 1. The minimum atomic E-state index is -0.813. The Morgan fingerprint density at radius 1 is 1.08 bits per heavy atom. The van der Waals surface area contributed by atoms with Gasteiger partial charge in [0.1, 0.15) is 24.3 Å². The maximum absolute atomic E-state index is 14.0. The van der Waals surface area contributed by atoms with Crippen molar-refractivity contribution >= 4 is 5.97 Å². The second-order valence-electron chi connectivity index (χ2n) is 9.38. The van der Waals surface area contributed by atoms with Crippen molar-refractivity contribution in [1.82, 2.24) is 10.1 Å². The molecule has 2 unspecified atom stereocenters. The molecule has 9 heteroatoms. The molecule has 3 aromatic carbocycles. The van der Waals surface area contributed by atoms with Crippen LogP contribution in [0.15, 0.2) is 77.3 Å². The highest BCUT2D eigenvalue weighted by Crippen LogP contribution is 2.32. The third-order valence-electron chi connectivity index (χ3n) is 5.67. The third kappa shape index (κ3) is 6.19. The van der Waals surface area contributed by atoms with E-state index in [1.165, 1.54) is 6.07 Å². The van der Waals surface area contributed by atoms with Gasteiger partial charge in [-0.05, 0) is 55.8 Å². The van der Waals surface area contributed by atoms with Gasteiger partial charge in [0.15, 0.2) is 0 Å². The molecule has 1 aliphatic heterocycles. The van der Waals surface area contributed by atoms with Gasteiger partial charge in [0.2, 0.25) is 12.1 Å². The summed E-state index contributed by atoms with van der Waals surface area (Å²) in [7, 11) is 0. The maximum Gasteiger partial charge on any atom is 0.338 e. The van der Waals surface area contributed by atoms with Gasteiger partial charge in [0.25, 0.3) is 5.89 Å². The number of aliphatic hydroxyl groups is 1. The molecule has 1 N–H and O–H groups in total. The lowest BCUT2D eigenvalue weighted by atomic mass is 10.0. The summed E-state index contributed by atoms with van der Waals surface area (Å²) in [5.41, 5.74) is 1.03. The van der Waals surface area contributed by atoms with Crippen LogP contribution in [-0.2, 0) is 16.1 Å². The van der Waals surface area contributed by atoms with E-state index in [-0.39, 0.29) is 36.3 Å². The lowest BCUT2D eigenvalue weighted by Crippen LogP contribution is -2.22. The molecule has 0 radical (unpaired) electrons. The molecule has 1 fully saturated rings. The van der Waals surface area contributed by atoms with E-state index in [1.807, 2.05) is 0 Å². The predicted molar refractivity (Wildman–Crippen MR) is 131 cm³/mol. The van der Waals surface area contributed by atoms with Crippen molar-refractivity contribution in [3.8, 4) is 28.6 Å². The predicted octanol–water partition coefficient (Wildman–Crippen LogP) is 5.16. The zero-order valence-electron chi connectivity index (χ0n) is 20.3. The molecule has 0 saturated carbocycles. The van der Waals surface area contributed by atoms with Crippen LogP contribution in [0.1, 0.15) is 36.2 Å². The van der Waals surface area contributed by atoms with E-state index < -0.39 is 17.4 Å². The van der Waals surface area contributed by atoms with Crippen LogP contribution in [0.5, 0.6) is 5.75 Å². The van der Waals surface area contributed by atoms with Gasteiger partial charge in [-0.3, -0.25) is 0 Å². The molecule has 37 heavy (non-hydrogen) atoms. The average molecular weight is 505 g/mol. The van der Waals surface area contributed by atoms with Gasteiger partial charge in [0.05, 0.1) is 16.7 Å². The molecule has 5 rings (SSSR count). The summed E-state index contributed by atoms with van der Waals surface area (Å²) in [6.07, 6.45) is -0.00821. The Hall–Kier alpha value is -4.08. The number of rotatable bonds is 9. The van der Waals surface area contributed by atoms with Crippen LogP contribution in [0.3, 0.4) is 0 Å². The first-order valence-corrected chi connectivity index (χ1v) is 11.7. The molecule has 4 aromatic rings. The first-order chi connectivity index (χ1) is 17.7. The third-order valence-corrected chi connectivity index (χ3v) is 5.67. The molecule has 1 aliphatic rings. The zero-order chi connectivity index (χ0) is 26.0. The molecule has 1 saturated heterocycles. The van der Waals surface area contributed by atoms with Crippen LogP contribution < -0.4 is 4.74 Å². The van der Waals surface area contributed by atoms with Gasteiger partial charge in [-0.1, -0.05) is 41.6 Å². The molecule has 1 aromatic heterocycles. The number of aromatic nitrogens is 2. The Bertz CT molecular complexity index is 1400. The monoisotopic (exact) mass is 504 g/mol. The van der Waals surface area contributed by atoms with Crippen LogP contribution in [0.2, 0.25) is 0 Å². The second-order valence-corrected chi connectivity index (χ2v) is 9.38. The van der Waals surface area contributed by atoms with Crippen molar-refractivity contribution < 1.29 is 33.0 Å². The summed E-state index contributed by atoms with van der Waals surface area (Å²) < 4.78 is 35.9. The Morgan fingerprint density at radius 3 is 2.62 bits per heavy atom. The van der Waals surface area contributed by atoms with E-state index >= 15 is 0 Å². The number of ether oxygens (including phenoxy) is 3. The average Bonchev–Trinajstić information content (AvgIpc) is 3.38. The number of benzene rings is 3. The van der Waals surface area contributed by atoms with Gasteiger partial charge in [-0.25, -0.2) is 9.18 Å². The summed E-state index contributed by atoms with van der Waals surface area (Å²) in [6, 6.07) is 19.9. The lowest BCUT2D eigenvalue weighted by Gasteiger charge is -2.14. The normalized spacial score (nSPS) is 16.9. The standard InChI is InChI=1S/C28H25FN2O6/c1-28(2,33)15-23-27(36-23)35-20-12-10-17(11-13-20)16-34-26(32)19-7-5-6-18(14-19)24-30-25(37-31-24)21-8-3-4-9-22(21)29/h3-14,23,27,33H,15-16H2,1-2H3. The summed E-state index contributed by atoms with van der Waals surface area (Å²) in [5, 5.41) is 13.8. The SMILES string of the molecule is CC(C)(O)CC1OC1Oc1ccc(COC(=O)c2cccc(-c3noc(-c4ccccc4F)n3)c2)cc1. The summed E-state index contributed by atoms with van der Waals surface area (Å²) in [5.74, 6) is -0.0744. The van der Waals surface area contributed by atoms with Gasteiger partial charge < -0.3 is 23.8 Å². The summed E-state index contributed by atoms with van der Waals surface area (Å²) in [4.78, 5) is 16.9. The van der Waals surface area contributed by atoms with E-state index in [0.29, 0.717) is 23.3 Å². The summed E-state index contributed by atoms with van der Waals surface area (Å²) in [6.45, 7) is 3.53. The molecule has 0 bridgehead atoms. The van der Waals surface area contributed by atoms with Crippen molar-refractivity contribution in [3.63, 3.8) is 0 Å². The molecule has 2 heterocycles. The molecular weight excluding hydrogens is 479 g/mol. The van der Waals surface area contributed by atoms with E-state index in [2.05, 4.69) is 10.1 Å². The van der Waals surface area contributed by atoms with Crippen molar-refractivity contribution in [3.05, 3.63) is 89.7 Å². The Kier molecular flexibility index (Phi) is 6.73. The Morgan fingerprint density at radius 2 is 1.86 bits per heavy atom. The zero-order valence-corrected chi connectivity index (χ0v) is 20.3. The fourth-order valence-electron chi connectivity index (χ4n) is 3.77. The number of esters is 1. The second kappa shape index (κ2) is 10.1. The van der Waals surface area contributed by atoms with E-state index in [4.69, 9.17) is 18.7 Å². The molecule has 2 atom stereocenters. The van der Waals surface area contributed by atoms with Crippen LogP contribution in [0.4, 0.5) is 4.39 Å². The lowest BCUT2D eigenvalue weighted by molar-refractivity contribution is 0.0472.